The van der Waals surface area contributed by atoms with Crippen molar-refractivity contribution in [3.8, 4) is 12.0 Å². The highest BCUT2D eigenvalue weighted by molar-refractivity contribution is 7.91. The van der Waals surface area contributed by atoms with Crippen LogP contribution >= 0.6 is 0 Å². The van der Waals surface area contributed by atoms with Crippen LogP contribution in [0, 0.1) is 18.3 Å². The summed E-state index contributed by atoms with van der Waals surface area (Å²) in [6, 6.07) is 4.93. The third-order valence-electron chi connectivity index (χ3n) is 4.45. The number of nitrogens with one attached hydrogen (secondary N) is 1. The van der Waals surface area contributed by atoms with Crippen LogP contribution in [0.5, 0.6) is 0 Å². The zero-order valence-electron chi connectivity index (χ0n) is 15.3. The Morgan fingerprint density at radius 1 is 1.39 bits per heavy atom. The molecule has 28 heavy (non-hydrogen) atoms. The molecule has 1 amide bonds. The van der Waals surface area contributed by atoms with E-state index in [2.05, 4.69) is 5.32 Å². The molecule has 0 unspecified atom stereocenters. The fourth-order valence-corrected chi connectivity index (χ4v) is 4.71. The van der Waals surface area contributed by atoms with Gasteiger partial charge in [0.2, 0.25) is 5.88 Å². The van der Waals surface area contributed by atoms with Gasteiger partial charge in [0.15, 0.2) is 15.9 Å². The Morgan fingerprint density at radius 2 is 2.07 bits per heavy atom. The van der Waals surface area contributed by atoms with E-state index in [1.165, 1.54) is 13.8 Å². The SMILES string of the molecule is Cc1oc(-n2cccc2)c(C#N)c1C(=O)O[C@H](C)C(=O)N[C@H]1CCS(=O)(=O)C1. The Bertz CT molecular complexity index is 1050. The standard InChI is InChI=1S/C18H19N3O6S/c1-11-15(14(9-19)17(26-11)21-6-3-4-7-21)18(23)27-12(2)16(22)20-13-5-8-28(24,25)10-13/h3-4,6-7,12-13H,5,8,10H2,1-2H3,(H,20,22)/t12-,13+/m1/s1. The summed E-state index contributed by atoms with van der Waals surface area (Å²) in [6.45, 7) is 2.91. The van der Waals surface area contributed by atoms with Gasteiger partial charge in [-0.05, 0) is 32.4 Å². The summed E-state index contributed by atoms with van der Waals surface area (Å²) in [6.07, 6.45) is 2.50. The quantitative estimate of drug-likeness (QED) is 0.737. The molecule has 0 radical (unpaired) electrons. The van der Waals surface area contributed by atoms with Gasteiger partial charge < -0.3 is 14.5 Å². The lowest BCUT2D eigenvalue weighted by Crippen LogP contribution is -2.42. The van der Waals surface area contributed by atoms with E-state index in [9.17, 15) is 23.3 Å². The van der Waals surface area contributed by atoms with Crippen molar-refractivity contribution in [2.45, 2.75) is 32.4 Å². The topological polar surface area (TPSA) is 131 Å². The van der Waals surface area contributed by atoms with E-state index in [0.29, 0.717) is 6.42 Å². The van der Waals surface area contributed by atoms with Gasteiger partial charge in [0, 0.05) is 18.4 Å². The van der Waals surface area contributed by atoms with Crippen LogP contribution in [-0.4, -0.2) is 48.5 Å². The number of hydrogen-bond donors (Lipinski definition) is 1. The number of carbonyl (C=O) groups is 2. The van der Waals surface area contributed by atoms with Crippen molar-refractivity contribution < 1.29 is 27.2 Å². The fourth-order valence-electron chi connectivity index (χ4n) is 3.03. The van der Waals surface area contributed by atoms with E-state index >= 15 is 0 Å². The average molecular weight is 405 g/mol. The fraction of sp³-hybridized carbons (Fsp3) is 0.389. The predicted molar refractivity (Wildman–Crippen MR) is 97.6 cm³/mol. The molecule has 3 heterocycles. The predicted octanol–water partition coefficient (Wildman–Crippen LogP) is 1.10. The van der Waals surface area contributed by atoms with Crippen LogP contribution < -0.4 is 5.32 Å². The van der Waals surface area contributed by atoms with Gasteiger partial charge in [-0.15, -0.1) is 0 Å². The first-order valence-corrected chi connectivity index (χ1v) is 10.4. The van der Waals surface area contributed by atoms with Crippen molar-refractivity contribution in [2.75, 3.05) is 11.5 Å². The molecule has 0 spiro atoms. The normalized spacial score (nSPS) is 19.0. The minimum absolute atomic E-state index is 0.00759. The molecule has 1 N–H and O–H groups in total. The summed E-state index contributed by atoms with van der Waals surface area (Å²) < 4.78 is 35.3. The number of rotatable bonds is 5. The Balaban J connectivity index is 1.72. The summed E-state index contributed by atoms with van der Waals surface area (Å²) in [4.78, 5) is 24.8. The highest BCUT2D eigenvalue weighted by Gasteiger charge is 2.32. The molecule has 0 aliphatic carbocycles. The van der Waals surface area contributed by atoms with E-state index in [-0.39, 0.29) is 34.3 Å². The van der Waals surface area contributed by atoms with Gasteiger partial charge in [-0.3, -0.25) is 9.36 Å². The van der Waals surface area contributed by atoms with Gasteiger partial charge in [-0.25, -0.2) is 13.2 Å². The largest absolute Gasteiger partial charge is 0.449 e. The van der Waals surface area contributed by atoms with E-state index in [1.54, 1.807) is 29.1 Å². The number of furan rings is 1. The summed E-state index contributed by atoms with van der Waals surface area (Å²) in [5, 5.41) is 12.0. The number of carbonyl (C=O) groups excluding carboxylic acids is 2. The van der Waals surface area contributed by atoms with Crippen molar-refractivity contribution >= 4 is 21.7 Å². The Hall–Kier alpha value is -3.06. The Kier molecular flexibility index (Phi) is 5.29. The van der Waals surface area contributed by atoms with Gasteiger partial charge in [-0.2, -0.15) is 5.26 Å². The third-order valence-corrected chi connectivity index (χ3v) is 6.22. The number of esters is 1. The van der Waals surface area contributed by atoms with Crippen molar-refractivity contribution in [1.29, 1.82) is 5.26 Å². The minimum Gasteiger partial charge on any atom is -0.449 e. The number of nitrogens with zero attached hydrogens (tertiary/aromatic N) is 2. The number of aromatic nitrogens is 1. The van der Waals surface area contributed by atoms with Crippen LogP contribution in [0.2, 0.25) is 0 Å². The number of aryl methyl sites for hydroxylation is 1. The molecule has 3 rings (SSSR count). The van der Waals surface area contributed by atoms with E-state index in [4.69, 9.17) is 9.15 Å². The summed E-state index contributed by atoms with van der Waals surface area (Å²) in [7, 11) is -3.14. The summed E-state index contributed by atoms with van der Waals surface area (Å²) in [5.41, 5.74) is -0.0394. The molecule has 1 fully saturated rings. The maximum absolute atomic E-state index is 12.6. The third kappa shape index (κ3) is 3.94. The molecular weight excluding hydrogens is 386 g/mol. The first-order chi connectivity index (χ1) is 13.2. The van der Waals surface area contributed by atoms with Crippen LogP contribution in [0.4, 0.5) is 0 Å². The van der Waals surface area contributed by atoms with E-state index in [1.807, 2.05) is 6.07 Å². The molecular formula is C18H19N3O6S. The minimum atomic E-state index is -3.14. The van der Waals surface area contributed by atoms with Crippen LogP contribution in [0.25, 0.3) is 5.88 Å². The molecule has 2 aromatic rings. The maximum Gasteiger partial charge on any atom is 0.343 e. The molecule has 1 aliphatic heterocycles. The van der Waals surface area contributed by atoms with Crippen LogP contribution in [0.1, 0.15) is 35.0 Å². The molecule has 0 aromatic carbocycles. The van der Waals surface area contributed by atoms with Crippen LogP contribution in [0.3, 0.4) is 0 Å². The Labute approximate surface area is 161 Å². The lowest BCUT2D eigenvalue weighted by molar-refractivity contribution is -0.129. The second kappa shape index (κ2) is 7.52. The number of nitriles is 1. The van der Waals surface area contributed by atoms with Crippen LogP contribution in [0.15, 0.2) is 28.9 Å². The Morgan fingerprint density at radius 3 is 2.64 bits per heavy atom. The lowest BCUT2D eigenvalue weighted by atomic mass is 10.1. The first-order valence-electron chi connectivity index (χ1n) is 8.60. The summed E-state index contributed by atoms with van der Waals surface area (Å²) >= 11 is 0. The van der Waals surface area contributed by atoms with Crippen molar-refractivity contribution in [1.82, 2.24) is 9.88 Å². The molecule has 0 saturated carbocycles. The number of amides is 1. The average Bonchev–Trinajstić information content (AvgIpc) is 3.33. The van der Waals surface area contributed by atoms with Gasteiger partial charge >= 0.3 is 5.97 Å². The van der Waals surface area contributed by atoms with E-state index in [0.717, 1.165) is 0 Å². The van der Waals surface area contributed by atoms with E-state index < -0.39 is 33.9 Å². The van der Waals surface area contributed by atoms with Crippen molar-refractivity contribution in [3.05, 3.63) is 41.4 Å². The molecule has 9 nitrogen and oxygen atoms in total. The monoisotopic (exact) mass is 405 g/mol. The zero-order valence-corrected chi connectivity index (χ0v) is 16.2. The molecule has 0 bridgehead atoms. The van der Waals surface area contributed by atoms with Gasteiger partial charge in [-0.1, -0.05) is 0 Å². The van der Waals surface area contributed by atoms with Crippen molar-refractivity contribution in [3.63, 3.8) is 0 Å². The van der Waals surface area contributed by atoms with Crippen molar-refractivity contribution in [2.24, 2.45) is 0 Å². The highest BCUT2D eigenvalue weighted by atomic mass is 32.2. The highest BCUT2D eigenvalue weighted by Crippen LogP contribution is 2.26. The smallest absolute Gasteiger partial charge is 0.343 e. The van der Waals surface area contributed by atoms with Gasteiger partial charge in [0.1, 0.15) is 23.0 Å². The maximum atomic E-state index is 12.6. The molecule has 1 saturated heterocycles. The molecule has 2 aromatic heterocycles. The van der Waals surface area contributed by atoms with Gasteiger partial charge in [0.25, 0.3) is 5.91 Å². The molecule has 148 valence electrons. The second-order valence-electron chi connectivity index (χ2n) is 6.57. The molecule has 10 heteroatoms. The summed E-state index contributed by atoms with van der Waals surface area (Å²) in [5.74, 6) is -1.18. The first kappa shape index (κ1) is 19.7. The van der Waals surface area contributed by atoms with Crippen LogP contribution in [-0.2, 0) is 19.4 Å². The van der Waals surface area contributed by atoms with Gasteiger partial charge in [0.05, 0.1) is 11.5 Å². The zero-order chi connectivity index (χ0) is 20.5. The number of sulfone groups is 1. The number of hydrogen-bond acceptors (Lipinski definition) is 7. The molecule has 2 atom stereocenters. The second-order valence-corrected chi connectivity index (χ2v) is 8.80. The molecule has 1 aliphatic rings. The number of ether oxygens (including phenoxy) is 1. The lowest BCUT2D eigenvalue weighted by Gasteiger charge is -2.16.